The molecule has 3 fully saturated rings. The summed E-state index contributed by atoms with van der Waals surface area (Å²) >= 11 is 0. The predicted molar refractivity (Wildman–Crippen MR) is 125 cm³/mol. The van der Waals surface area contributed by atoms with E-state index in [1.54, 1.807) is 12.3 Å². The Labute approximate surface area is 192 Å². The fraction of sp³-hybridized carbons (Fsp3) is 0.478. The Hall–Kier alpha value is -3.42. The Balaban J connectivity index is 1.41. The molecule has 1 atom stereocenters. The first kappa shape index (κ1) is 21.4. The molecular weight excluding hydrogens is 420 g/mol. The number of ether oxygens (including phenoxy) is 1. The van der Waals surface area contributed by atoms with Gasteiger partial charge in [-0.3, -0.25) is 9.89 Å². The van der Waals surface area contributed by atoms with Gasteiger partial charge in [0.1, 0.15) is 17.5 Å². The number of hydrogen-bond donors (Lipinski definition) is 5. The van der Waals surface area contributed by atoms with E-state index in [-0.39, 0.29) is 18.0 Å². The molecule has 4 heterocycles. The summed E-state index contributed by atoms with van der Waals surface area (Å²) < 4.78 is 5.56. The molecule has 1 aliphatic carbocycles. The molecule has 33 heavy (non-hydrogen) atoms. The van der Waals surface area contributed by atoms with Crippen LogP contribution in [0.15, 0.2) is 18.3 Å². The third-order valence-electron chi connectivity index (χ3n) is 6.61. The van der Waals surface area contributed by atoms with Gasteiger partial charge in [0.05, 0.1) is 31.0 Å². The lowest BCUT2D eigenvalue weighted by Gasteiger charge is -2.54. The van der Waals surface area contributed by atoms with E-state index in [4.69, 9.17) is 15.1 Å². The van der Waals surface area contributed by atoms with E-state index < -0.39 is 0 Å². The number of rotatable bonds is 5. The molecule has 0 radical (unpaired) electrons. The second-order valence-electron chi connectivity index (χ2n) is 9.08. The number of aromatic nitrogens is 3. The molecule has 2 aromatic rings. The molecule has 0 bridgehead atoms. The maximum Gasteiger partial charge on any atom is 0.296 e. The lowest BCUT2D eigenvalue weighted by molar-refractivity contribution is -0.118. The second kappa shape index (κ2) is 8.84. The molecule has 5 N–H and O–H groups in total. The van der Waals surface area contributed by atoms with Gasteiger partial charge < -0.3 is 31.0 Å². The van der Waals surface area contributed by atoms with Crippen LogP contribution in [-0.4, -0.2) is 72.2 Å². The second-order valence-corrected chi connectivity index (χ2v) is 9.08. The number of hydrogen-bond acceptors (Lipinski definition) is 8. The summed E-state index contributed by atoms with van der Waals surface area (Å²) in [5, 5.41) is 24.3. The number of nitrogens with one attached hydrogen (secondary N) is 5. The van der Waals surface area contributed by atoms with Gasteiger partial charge in [-0.05, 0) is 31.2 Å². The number of H-pyrrole nitrogens is 1. The van der Waals surface area contributed by atoms with Gasteiger partial charge in [0, 0.05) is 49.4 Å². The molecule has 10 nitrogen and oxygen atoms in total. The smallest absolute Gasteiger partial charge is 0.296 e. The first-order chi connectivity index (χ1) is 16.0. The maximum absolute atomic E-state index is 12.5. The molecule has 2 aromatic heterocycles. The van der Waals surface area contributed by atoms with E-state index in [9.17, 15) is 4.79 Å². The Morgan fingerprint density at radius 3 is 2.94 bits per heavy atom. The Bertz CT molecular complexity index is 1090. The Morgan fingerprint density at radius 1 is 1.42 bits per heavy atom. The van der Waals surface area contributed by atoms with Crippen molar-refractivity contribution in [1.82, 2.24) is 25.8 Å². The van der Waals surface area contributed by atoms with Crippen LogP contribution in [0.25, 0.3) is 0 Å². The summed E-state index contributed by atoms with van der Waals surface area (Å²) in [5.74, 6) is 7.28. The summed E-state index contributed by atoms with van der Waals surface area (Å²) in [6, 6.07) is 3.96. The predicted octanol–water partition coefficient (Wildman–Crippen LogP) is 0.991. The third-order valence-corrected chi connectivity index (χ3v) is 6.61. The van der Waals surface area contributed by atoms with Crippen LogP contribution in [-0.2, 0) is 9.53 Å². The van der Waals surface area contributed by atoms with Crippen molar-refractivity contribution < 1.29 is 9.53 Å². The summed E-state index contributed by atoms with van der Waals surface area (Å²) in [6.45, 7) is 6.09. The summed E-state index contributed by atoms with van der Waals surface area (Å²) in [7, 11) is 0. The van der Waals surface area contributed by atoms with Gasteiger partial charge in [-0.2, -0.15) is 5.10 Å². The normalized spacial score (nSPS) is 21.4. The van der Waals surface area contributed by atoms with Crippen molar-refractivity contribution in [2.24, 2.45) is 5.41 Å². The largest absolute Gasteiger partial charge is 0.377 e. The van der Waals surface area contributed by atoms with Crippen LogP contribution >= 0.6 is 0 Å². The van der Waals surface area contributed by atoms with Gasteiger partial charge in [-0.15, -0.1) is 0 Å². The van der Waals surface area contributed by atoms with Gasteiger partial charge in [0.2, 0.25) is 0 Å². The number of pyridine rings is 1. The lowest BCUT2D eigenvalue weighted by Crippen LogP contribution is -2.65. The highest BCUT2D eigenvalue weighted by Crippen LogP contribution is 2.44. The van der Waals surface area contributed by atoms with E-state index in [1.807, 2.05) is 6.07 Å². The van der Waals surface area contributed by atoms with E-state index in [0.29, 0.717) is 47.9 Å². The summed E-state index contributed by atoms with van der Waals surface area (Å²) in [4.78, 5) is 19.4. The van der Waals surface area contributed by atoms with E-state index >= 15 is 0 Å². The number of aromatic amines is 1. The number of morpholine rings is 1. The van der Waals surface area contributed by atoms with Crippen molar-refractivity contribution in [3.8, 4) is 11.8 Å². The highest BCUT2D eigenvalue weighted by Gasteiger charge is 2.48. The van der Waals surface area contributed by atoms with Crippen molar-refractivity contribution in [2.75, 3.05) is 43.1 Å². The van der Waals surface area contributed by atoms with Crippen molar-refractivity contribution in [3.63, 3.8) is 0 Å². The molecule has 2 saturated heterocycles. The van der Waals surface area contributed by atoms with E-state index in [2.05, 4.69) is 49.8 Å². The van der Waals surface area contributed by atoms with Crippen LogP contribution in [0.4, 0.5) is 17.5 Å². The molecule has 5 rings (SSSR count). The molecular formula is C23H28N8O2. The highest BCUT2D eigenvalue weighted by molar-refractivity contribution is 5.96. The molecule has 1 saturated carbocycles. The van der Waals surface area contributed by atoms with Crippen LogP contribution in [0.1, 0.15) is 30.9 Å². The van der Waals surface area contributed by atoms with Crippen molar-refractivity contribution in [2.45, 2.75) is 31.8 Å². The van der Waals surface area contributed by atoms with Crippen LogP contribution in [0, 0.1) is 22.7 Å². The van der Waals surface area contributed by atoms with Gasteiger partial charge in [-0.25, -0.2) is 4.98 Å². The number of nitrogens with zero attached hydrogens (tertiary/aromatic N) is 3. The third kappa shape index (κ3) is 4.42. The molecule has 10 heteroatoms. The average molecular weight is 449 g/mol. The fourth-order valence-corrected chi connectivity index (χ4v) is 4.75. The van der Waals surface area contributed by atoms with E-state index in [1.165, 1.54) is 6.21 Å². The van der Waals surface area contributed by atoms with Crippen molar-refractivity contribution in [1.29, 1.82) is 5.41 Å². The van der Waals surface area contributed by atoms with Gasteiger partial charge in [0.25, 0.3) is 5.91 Å². The minimum absolute atomic E-state index is 0.146. The van der Waals surface area contributed by atoms with Crippen molar-refractivity contribution in [3.05, 3.63) is 29.5 Å². The van der Waals surface area contributed by atoms with Crippen molar-refractivity contribution >= 4 is 29.6 Å². The standard InChI is InChI=1S/C23H28N8O2/c1-15-12-33-7-6-31(15)20-8-16(18(11-24)22(29-20)28-19-4-5-26-30-19)2-3-21(32)27-17-9-23(10-17)13-25-14-23/h4-5,8,11,15,17,24-25H,6-7,9-10,12-14H2,1H3,(H,27,32)(H2,26,28,29,30)/t15-/m1/s1. The number of anilines is 3. The number of carbonyl (C=O) groups excluding carboxylic acids is 1. The van der Waals surface area contributed by atoms with Gasteiger partial charge in [-0.1, -0.05) is 5.92 Å². The minimum Gasteiger partial charge on any atom is -0.377 e. The summed E-state index contributed by atoms with van der Waals surface area (Å²) in [6.07, 6.45) is 4.85. The van der Waals surface area contributed by atoms with Crippen LogP contribution < -0.4 is 20.9 Å². The first-order valence-corrected chi connectivity index (χ1v) is 11.2. The first-order valence-electron chi connectivity index (χ1n) is 11.2. The zero-order valence-corrected chi connectivity index (χ0v) is 18.6. The molecule has 1 amide bonds. The minimum atomic E-state index is -0.292. The maximum atomic E-state index is 12.5. The molecule has 172 valence electrons. The number of carbonyl (C=O) groups is 1. The SMILES string of the molecule is C[C@@H]1COCCN1c1cc(C#CC(=O)NC2CC3(CNC3)C2)c(C=N)c(Nc2ccn[nH]2)n1. The summed E-state index contributed by atoms with van der Waals surface area (Å²) in [5.41, 5.74) is 1.47. The molecule has 0 unspecified atom stereocenters. The zero-order valence-electron chi connectivity index (χ0n) is 18.6. The molecule has 3 aliphatic rings. The topological polar surface area (TPSA) is 131 Å². The Kier molecular flexibility index (Phi) is 5.74. The zero-order chi connectivity index (χ0) is 22.8. The average Bonchev–Trinajstić information content (AvgIpc) is 3.26. The highest BCUT2D eigenvalue weighted by atomic mass is 16.5. The van der Waals surface area contributed by atoms with Crippen LogP contribution in [0.2, 0.25) is 0 Å². The Morgan fingerprint density at radius 2 is 2.27 bits per heavy atom. The number of amides is 1. The van der Waals surface area contributed by atoms with Crippen LogP contribution in [0.3, 0.4) is 0 Å². The lowest BCUT2D eigenvalue weighted by atomic mass is 9.62. The molecule has 2 aliphatic heterocycles. The monoisotopic (exact) mass is 448 g/mol. The van der Waals surface area contributed by atoms with E-state index in [0.717, 1.165) is 31.7 Å². The quantitative estimate of drug-likeness (QED) is 0.341. The van der Waals surface area contributed by atoms with Gasteiger partial charge in [0.15, 0.2) is 0 Å². The van der Waals surface area contributed by atoms with Crippen LogP contribution in [0.5, 0.6) is 0 Å². The van der Waals surface area contributed by atoms with Gasteiger partial charge >= 0.3 is 0 Å². The molecule has 1 spiro atoms. The molecule has 0 aromatic carbocycles. The fourth-order valence-electron chi connectivity index (χ4n) is 4.75.